The fourth-order valence-electron chi connectivity index (χ4n) is 3.70. The van der Waals surface area contributed by atoms with Crippen molar-refractivity contribution in [1.29, 1.82) is 0 Å². The highest BCUT2D eigenvalue weighted by Crippen LogP contribution is 2.34. The highest BCUT2D eigenvalue weighted by molar-refractivity contribution is 5.99. The third-order valence-electron chi connectivity index (χ3n) is 4.83. The van der Waals surface area contributed by atoms with Crippen LogP contribution in [-0.4, -0.2) is 34.3 Å². The van der Waals surface area contributed by atoms with Crippen molar-refractivity contribution in [2.24, 2.45) is 11.8 Å². The van der Waals surface area contributed by atoms with Gasteiger partial charge in [-0.25, -0.2) is 0 Å². The van der Waals surface area contributed by atoms with E-state index in [9.17, 15) is 9.59 Å². The number of amides is 2. The number of hydrogen-bond acceptors (Lipinski definition) is 2. The lowest BCUT2D eigenvalue weighted by atomic mass is 9.80. The van der Waals surface area contributed by atoms with Crippen LogP contribution in [0.15, 0.2) is 0 Å². The van der Waals surface area contributed by atoms with Gasteiger partial charge in [-0.15, -0.1) is 0 Å². The van der Waals surface area contributed by atoms with Crippen LogP contribution in [0.3, 0.4) is 0 Å². The number of hydrogen-bond donors (Lipinski definition) is 1. The lowest BCUT2D eigenvalue weighted by Gasteiger charge is -2.50. The monoisotopic (exact) mass is 280 g/mol. The Morgan fingerprint density at radius 1 is 1.20 bits per heavy atom. The fourth-order valence-corrected chi connectivity index (χ4v) is 3.70. The summed E-state index contributed by atoms with van der Waals surface area (Å²) in [4.78, 5) is 27.2. The number of nitrogens with one attached hydrogen (secondary N) is 1. The summed E-state index contributed by atoms with van der Waals surface area (Å²) in [6, 6.07) is -0.102. The smallest absolute Gasteiger partial charge is 0.248 e. The molecule has 3 atom stereocenters. The standard InChI is InChI=1S/C16H28N2O2/c1-10(2)13-14(19)17-16(4,5)15(20)18(13)12-9-7-6-8-11(12)3/h10-13H,6-9H2,1-5H3,(H,17,19). The Balaban J connectivity index is 2.36. The van der Waals surface area contributed by atoms with Gasteiger partial charge >= 0.3 is 0 Å². The highest BCUT2D eigenvalue weighted by atomic mass is 16.2. The second kappa shape index (κ2) is 5.38. The van der Waals surface area contributed by atoms with E-state index in [0.29, 0.717) is 5.92 Å². The Bertz CT molecular complexity index is 403. The zero-order chi connectivity index (χ0) is 15.1. The van der Waals surface area contributed by atoms with Crippen molar-refractivity contribution in [2.75, 3.05) is 0 Å². The van der Waals surface area contributed by atoms with E-state index in [2.05, 4.69) is 12.2 Å². The average molecular weight is 280 g/mol. The molecule has 20 heavy (non-hydrogen) atoms. The minimum atomic E-state index is -0.778. The minimum Gasteiger partial charge on any atom is -0.340 e. The fraction of sp³-hybridized carbons (Fsp3) is 0.875. The predicted molar refractivity (Wildman–Crippen MR) is 79.1 cm³/mol. The second-order valence-electron chi connectivity index (χ2n) is 7.34. The first kappa shape index (κ1) is 15.3. The lowest BCUT2D eigenvalue weighted by Crippen LogP contribution is -2.71. The molecule has 1 heterocycles. The first-order chi connectivity index (χ1) is 9.25. The first-order valence-corrected chi connectivity index (χ1v) is 7.90. The van der Waals surface area contributed by atoms with E-state index in [1.807, 2.05) is 32.6 Å². The molecule has 0 radical (unpaired) electrons. The van der Waals surface area contributed by atoms with E-state index < -0.39 is 5.54 Å². The number of carbonyl (C=O) groups is 2. The lowest BCUT2D eigenvalue weighted by molar-refractivity contribution is -0.160. The Morgan fingerprint density at radius 2 is 1.80 bits per heavy atom. The molecule has 1 N–H and O–H groups in total. The second-order valence-corrected chi connectivity index (χ2v) is 7.34. The van der Waals surface area contributed by atoms with Gasteiger partial charge in [-0.1, -0.05) is 33.6 Å². The molecule has 1 aliphatic carbocycles. The van der Waals surface area contributed by atoms with Gasteiger partial charge in [-0.2, -0.15) is 0 Å². The zero-order valence-electron chi connectivity index (χ0n) is 13.4. The molecule has 0 aromatic carbocycles. The van der Waals surface area contributed by atoms with Crippen LogP contribution >= 0.6 is 0 Å². The maximum Gasteiger partial charge on any atom is 0.248 e. The Hall–Kier alpha value is -1.06. The molecule has 4 heteroatoms. The molecular weight excluding hydrogens is 252 g/mol. The average Bonchev–Trinajstić information content (AvgIpc) is 2.33. The molecule has 0 spiro atoms. The molecule has 2 aliphatic rings. The molecule has 2 fully saturated rings. The molecule has 0 aromatic heterocycles. The third kappa shape index (κ3) is 2.57. The molecular formula is C16H28N2O2. The minimum absolute atomic E-state index is 0.00220. The summed E-state index contributed by atoms with van der Waals surface area (Å²) in [5, 5.41) is 2.89. The number of rotatable bonds is 2. The normalized spacial score (nSPS) is 34.3. The van der Waals surface area contributed by atoms with Crippen LogP contribution in [0.2, 0.25) is 0 Å². The summed E-state index contributed by atoms with van der Waals surface area (Å²) in [6.45, 7) is 9.88. The summed E-state index contributed by atoms with van der Waals surface area (Å²) < 4.78 is 0. The van der Waals surface area contributed by atoms with Crippen molar-refractivity contribution >= 4 is 11.8 Å². The van der Waals surface area contributed by atoms with Crippen LogP contribution in [-0.2, 0) is 9.59 Å². The van der Waals surface area contributed by atoms with E-state index >= 15 is 0 Å². The van der Waals surface area contributed by atoms with Gasteiger partial charge in [0.05, 0.1) is 0 Å². The maximum atomic E-state index is 12.9. The van der Waals surface area contributed by atoms with Crippen molar-refractivity contribution in [3.63, 3.8) is 0 Å². The number of piperazine rings is 1. The Morgan fingerprint density at radius 3 is 2.35 bits per heavy atom. The van der Waals surface area contributed by atoms with Crippen LogP contribution in [0, 0.1) is 11.8 Å². The van der Waals surface area contributed by atoms with Crippen LogP contribution in [0.1, 0.15) is 60.3 Å². The topological polar surface area (TPSA) is 49.4 Å². The third-order valence-corrected chi connectivity index (χ3v) is 4.83. The summed E-state index contributed by atoms with van der Waals surface area (Å²) in [5.41, 5.74) is -0.778. The number of carbonyl (C=O) groups excluding carboxylic acids is 2. The molecule has 3 unspecified atom stereocenters. The van der Waals surface area contributed by atoms with Gasteiger partial charge in [-0.05, 0) is 38.5 Å². The molecule has 1 aliphatic heterocycles. The maximum absolute atomic E-state index is 12.9. The summed E-state index contributed by atoms with van der Waals surface area (Å²) >= 11 is 0. The van der Waals surface area contributed by atoms with Gasteiger partial charge < -0.3 is 10.2 Å². The molecule has 0 aromatic rings. The summed E-state index contributed by atoms with van der Waals surface area (Å²) in [6.07, 6.45) is 4.58. The van der Waals surface area contributed by atoms with E-state index in [4.69, 9.17) is 0 Å². The van der Waals surface area contributed by atoms with Gasteiger partial charge in [0.2, 0.25) is 11.8 Å². The molecule has 2 rings (SSSR count). The molecule has 114 valence electrons. The van der Waals surface area contributed by atoms with Gasteiger partial charge in [0.1, 0.15) is 11.6 Å². The molecule has 4 nitrogen and oxygen atoms in total. The van der Waals surface area contributed by atoms with Crippen molar-refractivity contribution in [2.45, 2.75) is 77.9 Å². The van der Waals surface area contributed by atoms with Gasteiger partial charge in [-0.3, -0.25) is 9.59 Å². The molecule has 1 saturated carbocycles. The van der Waals surface area contributed by atoms with Crippen LogP contribution in [0.4, 0.5) is 0 Å². The number of nitrogens with zero attached hydrogens (tertiary/aromatic N) is 1. The molecule has 2 amide bonds. The predicted octanol–water partition coefficient (Wildman–Crippen LogP) is 2.33. The van der Waals surface area contributed by atoms with Crippen molar-refractivity contribution < 1.29 is 9.59 Å². The van der Waals surface area contributed by atoms with E-state index in [0.717, 1.165) is 19.3 Å². The van der Waals surface area contributed by atoms with Gasteiger partial charge in [0.15, 0.2) is 0 Å². The quantitative estimate of drug-likeness (QED) is 0.844. The van der Waals surface area contributed by atoms with Gasteiger partial charge in [0, 0.05) is 6.04 Å². The largest absolute Gasteiger partial charge is 0.340 e. The van der Waals surface area contributed by atoms with Crippen molar-refractivity contribution in [3.05, 3.63) is 0 Å². The Labute approximate surface area is 122 Å². The van der Waals surface area contributed by atoms with E-state index in [1.54, 1.807) is 0 Å². The van der Waals surface area contributed by atoms with Crippen LogP contribution < -0.4 is 5.32 Å². The first-order valence-electron chi connectivity index (χ1n) is 7.90. The van der Waals surface area contributed by atoms with Crippen molar-refractivity contribution in [3.8, 4) is 0 Å². The highest BCUT2D eigenvalue weighted by Gasteiger charge is 2.49. The Kier molecular flexibility index (Phi) is 4.12. The van der Waals surface area contributed by atoms with Gasteiger partial charge in [0.25, 0.3) is 0 Å². The zero-order valence-corrected chi connectivity index (χ0v) is 13.4. The van der Waals surface area contributed by atoms with Crippen molar-refractivity contribution in [1.82, 2.24) is 10.2 Å². The summed E-state index contributed by atoms with van der Waals surface area (Å²) in [5.74, 6) is 0.705. The van der Waals surface area contributed by atoms with Crippen LogP contribution in [0.25, 0.3) is 0 Å². The summed E-state index contributed by atoms with van der Waals surface area (Å²) in [7, 11) is 0. The van der Waals surface area contributed by atoms with Crippen LogP contribution in [0.5, 0.6) is 0 Å². The molecule has 1 saturated heterocycles. The van der Waals surface area contributed by atoms with E-state index in [-0.39, 0.29) is 29.8 Å². The van der Waals surface area contributed by atoms with E-state index in [1.165, 1.54) is 6.42 Å². The molecule has 0 bridgehead atoms. The SMILES string of the molecule is CC(C)C1C(=O)NC(C)(C)C(=O)N1C1CCCCC1C.